The van der Waals surface area contributed by atoms with E-state index in [1.807, 2.05) is 22.6 Å². The van der Waals surface area contributed by atoms with Crippen LogP contribution in [0.25, 0.3) is 0 Å². The molecule has 0 bridgehead atoms. The molecule has 0 atom stereocenters. The van der Waals surface area contributed by atoms with E-state index in [4.69, 9.17) is 5.11 Å². The van der Waals surface area contributed by atoms with Crippen molar-refractivity contribution in [3.63, 3.8) is 0 Å². The Morgan fingerprint density at radius 3 is 2.94 bits per heavy atom. The number of nitrogens with zero attached hydrogens (tertiary/aromatic N) is 3. The van der Waals surface area contributed by atoms with E-state index < -0.39 is 5.97 Å². The van der Waals surface area contributed by atoms with Crippen LogP contribution in [0.1, 0.15) is 21.2 Å². The number of rotatable bonds is 3. The fourth-order valence-corrected chi connectivity index (χ4v) is 2.41. The molecule has 94 valence electrons. The van der Waals surface area contributed by atoms with Crippen molar-refractivity contribution in [3.8, 4) is 0 Å². The Morgan fingerprint density at radius 1 is 1.61 bits per heavy atom. The molecule has 0 amide bonds. The molecule has 2 rings (SSSR count). The Hall–Kier alpha value is -1.29. The lowest BCUT2D eigenvalue weighted by Crippen LogP contribution is -2.24. The van der Waals surface area contributed by atoms with Crippen molar-refractivity contribution < 1.29 is 9.90 Å². The maximum atomic E-state index is 11.9. The van der Waals surface area contributed by atoms with Gasteiger partial charge in [-0.3, -0.25) is 9.36 Å². The molecule has 1 N–H and O–H groups in total. The largest absolute Gasteiger partial charge is 0.476 e. The monoisotopic (exact) mass is 377 g/mol. The third-order valence-corrected chi connectivity index (χ3v) is 4.35. The van der Waals surface area contributed by atoms with E-state index in [9.17, 15) is 9.59 Å². The Labute approximate surface area is 119 Å². The van der Waals surface area contributed by atoms with E-state index in [0.29, 0.717) is 15.0 Å². The van der Waals surface area contributed by atoms with Crippen LogP contribution >= 0.6 is 33.9 Å². The second kappa shape index (κ2) is 5.14. The van der Waals surface area contributed by atoms with Gasteiger partial charge in [-0.25, -0.2) is 14.8 Å². The highest BCUT2D eigenvalue weighted by Gasteiger charge is 2.11. The summed E-state index contributed by atoms with van der Waals surface area (Å²) in [5.41, 5.74) is 1.08. The van der Waals surface area contributed by atoms with Gasteiger partial charge in [0.2, 0.25) is 5.01 Å². The van der Waals surface area contributed by atoms with Crippen LogP contribution in [0, 0.1) is 10.5 Å². The molecule has 0 aliphatic rings. The molecule has 2 aromatic rings. The first kappa shape index (κ1) is 13.1. The molecule has 0 aliphatic heterocycles. The van der Waals surface area contributed by atoms with Crippen LogP contribution in [-0.4, -0.2) is 25.6 Å². The summed E-state index contributed by atoms with van der Waals surface area (Å²) in [5, 5.41) is 10.4. The minimum absolute atomic E-state index is 0.0211. The van der Waals surface area contributed by atoms with Gasteiger partial charge in [-0.05, 0) is 29.5 Å². The molecule has 0 saturated carbocycles. The summed E-state index contributed by atoms with van der Waals surface area (Å²) in [6, 6.07) is 0. The van der Waals surface area contributed by atoms with E-state index in [0.717, 1.165) is 11.3 Å². The van der Waals surface area contributed by atoms with Crippen molar-refractivity contribution in [1.82, 2.24) is 14.5 Å². The zero-order valence-corrected chi connectivity index (χ0v) is 12.2. The normalized spacial score (nSPS) is 10.6. The Kier molecular flexibility index (Phi) is 3.76. The first-order valence-electron chi connectivity index (χ1n) is 4.88. The van der Waals surface area contributed by atoms with Gasteiger partial charge in [-0.2, -0.15) is 0 Å². The van der Waals surface area contributed by atoms with Crippen LogP contribution in [0.2, 0.25) is 0 Å². The Morgan fingerprint density at radius 2 is 2.33 bits per heavy atom. The third kappa shape index (κ3) is 2.58. The zero-order chi connectivity index (χ0) is 13.3. The first-order chi connectivity index (χ1) is 8.49. The molecule has 0 aromatic carbocycles. The van der Waals surface area contributed by atoms with Crippen LogP contribution in [0.5, 0.6) is 0 Å². The highest BCUT2D eigenvalue weighted by molar-refractivity contribution is 14.1. The number of aromatic nitrogens is 3. The molecule has 18 heavy (non-hydrogen) atoms. The molecular formula is C10H8IN3O3S. The van der Waals surface area contributed by atoms with Gasteiger partial charge in [0, 0.05) is 5.38 Å². The molecule has 8 heteroatoms. The molecule has 0 saturated heterocycles. The Bertz CT molecular complexity index is 665. The molecule has 6 nitrogen and oxygen atoms in total. The second-order valence-electron chi connectivity index (χ2n) is 3.53. The van der Waals surface area contributed by atoms with E-state index in [1.165, 1.54) is 10.9 Å². The maximum absolute atomic E-state index is 11.9. The fraction of sp³-hybridized carbons (Fsp3) is 0.200. The molecule has 0 spiro atoms. The van der Waals surface area contributed by atoms with Crippen LogP contribution in [0.15, 0.2) is 16.5 Å². The van der Waals surface area contributed by atoms with E-state index in [1.54, 1.807) is 12.3 Å². The minimum Gasteiger partial charge on any atom is -0.476 e. The number of thiazole rings is 1. The SMILES string of the molecule is Cc1ncn(Cc2csc(C(=O)O)n2)c(=O)c1I. The standard InChI is InChI=1S/C10H8IN3O3S/c1-5-7(11)9(15)14(4-12-5)2-6-3-18-8(13-6)10(16)17/h3-4H,2H2,1H3,(H,16,17). The Balaban J connectivity index is 2.31. The molecule has 0 fully saturated rings. The maximum Gasteiger partial charge on any atom is 0.365 e. The van der Waals surface area contributed by atoms with E-state index in [-0.39, 0.29) is 17.1 Å². The number of aryl methyl sites for hydroxylation is 1. The van der Waals surface area contributed by atoms with Crippen molar-refractivity contribution in [1.29, 1.82) is 0 Å². The number of halogens is 1. The van der Waals surface area contributed by atoms with Crippen molar-refractivity contribution in [3.05, 3.63) is 42.0 Å². The average molecular weight is 377 g/mol. The number of aromatic carboxylic acids is 1. The number of carboxylic acids is 1. The van der Waals surface area contributed by atoms with E-state index >= 15 is 0 Å². The van der Waals surface area contributed by atoms with Crippen molar-refractivity contribution in [2.75, 3.05) is 0 Å². The topological polar surface area (TPSA) is 85.1 Å². The second-order valence-corrected chi connectivity index (χ2v) is 5.46. The third-order valence-electron chi connectivity index (χ3n) is 2.22. The molecule has 2 heterocycles. The molecule has 0 radical (unpaired) electrons. The summed E-state index contributed by atoms with van der Waals surface area (Å²) >= 11 is 2.99. The quantitative estimate of drug-likeness (QED) is 0.817. The van der Waals surface area contributed by atoms with Crippen LogP contribution < -0.4 is 5.56 Å². The lowest BCUT2D eigenvalue weighted by atomic mass is 10.4. The number of carboxylic acid groups (broad SMARTS) is 1. The number of hydrogen-bond acceptors (Lipinski definition) is 5. The molecule has 0 aliphatic carbocycles. The summed E-state index contributed by atoms with van der Waals surface area (Å²) in [5.74, 6) is -1.06. The van der Waals surface area contributed by atoms with Crippen LogP contribution in [0.4, 0.5) is 0 Å². The summed E-state index contributed by atoms with van der Waals surface area (Å²) in [6.07, 6.45) is 1.44. The van der Waals surface area contributed by atoms with Crippen molar-refractivity contribution in [2.45, 2.75) is 13.5 Å². The predicted octanol–water partition coefficient (Wildman–Crippen LogP) is 1.36. The predicted molar refractivity (Wildman–Crippen MR) is 74.1 cm³/mol. The van der Waals surface area contributed by atoms with Crippen molar-refractivity contribution >= 4 is 39.9 Å². The van der Waals surface area contributed by atoms with Gasteiger partial charge in [0.25, 0.3) is 5.56 Å². The smallest absolute Gasteiger partial charge is 0.365 e. The zero-order valence-electron chi connectivity index (χ0n) is 9.25. The van der Waals surface area contributed by atoms with Gasteiger partial charge in [-0.1, -0.05) is 0 Å². The van der Waals surface area contributed by atoms with Gasteiger partial charge in [0.1, 0.15) is 0 Å². The summed E-state index contributed by atoms with van der Waals surface area (Å²) in [4.78, 5) is 30.6. The summed E-state index contributed by atoms with van der Waals surface area (Å²) in [6.45, 7) is 1.99. The lowest BCUT2D eigenvalue weighted by molar-refractivity contribution is 0.0696. The summed E-state index contributed by atoms with van der Waals surface area (Å²) < 4.78 is 1.97. The van der Waals surface area contributed by atoms with Gasteiger partial charge >= 0.3 is 5.97 Å². The van der Waals surface area contributed by atoms with E-state index in [2.05, 4.69) is 9.97 Å². The highest BCUT2D eigenvalue weighted by Crippen LogP contribution is 2.10. The van der Waals surface area contributed by atoms with Gasteiger partial charge in [0.15, 0.2) is 0 Å². The first-order valence-corrected chi connectivity index (χ1v) is 6.84. The fourth-order valence-electron chi connectivity index (χ4n) is 1.31. The number of carbonyl (C=O) groups is 1. The highest BCUT2D eigenvalue weighted by atomic mass is 127. The molecule has 2 aromatic heterocycles. The van der Waals surface area contributed by atoms with Gasteiger partial charge in [0.05, 0.1) is 27.8 Å². The molecular weight excluding hydrogens is 369 g/mol. The van der Waals surface area contributed by atoms with Crippen LogP contribution in [-0.2, 0) is 6.54 Å². The number of hydrogen-bond donors (Lipinski definition) is 1. The van der Waals surface area contributed by atoms with Crippen LogP contribution in [0.3, 0.4) is 0 Å². The lowest BCUT2D eigenvalue weighted by Gasteiger charge is -2.04. The van der Waals surface area contributed by atoms with Gasteiger partial charge < -0.3 is 5.11 Å². The minimum atomic E-state index is -1.06. The van der Waals surface area contributed by atoms with Gasteiger partial charge in [-0.15, -0.1) is 11.3 Å². The average Bonchev–Trinajstić information content (AvgIpc) is 2.79. The summed E-state index contributed by atoms with van der Waals surface area (Å²) in [7, 11) is 0. The van der Waals surface area contributed by atoms with Crippen molar-refractivity contribution in [2.24, 2.45) is 0 Å². The molecule has 0 unspecified atom stereocenters.